The molecule has 1 aliphatic rings. The van der Waals surface area contributed by atoms with E-state index in [0.29, 0.717) is 24.4 Å². The standard InChI is InChI=1S/C13H20N2O3S2/c1-10(19(2)16)5-6-15-20(17,18)13-4-3-11-8-14-9-12(11)7-13/h3-4,7,10,14-15H,5-6,8-9H2,1-2H3. The van der Waals surface area contributed by atoms with E-state index in [-0.39, 0.29) is 5.25 Å². The van der Waals surface area contributed by atoms with E-state index in [1.54, 1.807) is 18.4 Å². The fourth-order valence-electron chi connectivity index (χ4n) is 2.08. The monoisotopic (exact) mass is 316 g/mol. The Balaban J connectivity index is 2.02. The van der Waals surface area contributed by atoms with Gasteiger partial charge in [0.05, 0.1) is 4.90 Å². The Labute approximate surface area is 122 Å². The molecule has 0 fully saturated rings. The molecule has 2 rings (SSSR count). The van der Waals surface area contributed by atoms with Gasteiger partial charge in [-0.25, -0.2) is 13.1 Å². The van der Waals surface area contributed by atoms with Gasteiger partial charge >= 0.3 is 0 Å². The third-order valence-electron chi connectivity index (χ3n) is 3.53. The highest BCUT2D eigenvalue weighted by atomic mass is 32.2. The van der Waals surface area contributed by atoms with Crippen molar-refractivity contribution in [1.82, 2.24) is 10.0 Å². The fraction of sp³-hybridized carbons (Fsp3) is 0.538. The predicted octanol–water partition coefficient (Wildman–Crippen LogP) is 0.725. The molecule has 1 heterocycles. The first-order chi connectivity index (χ1) is 9.40. The number of hydrogen-bond donors (Lipinski definition) is 2. The molecule has 0 aliphatic carbocycles. The molecule has 0 saturated carbocycles. The molecule has 20 heavy (non-hydrogen) atoms. The Hall–Kier alpha value is -0.760. The SMILES string of the molecule is CC(CCNS(=O)(=O)c1ccc2c(c1)CNC2)S(C)=O. The summed E-state index contributed by atoms with van der Waals surface area (Å²) >= 11 is 0. The van der Waals surface area contributed by atoms with E-state index < -0.39 is 20.8 Å². The summed E-state index contributed by atoms with van der Waals surface area (Å²) in [6.07, 6.45) is 2.20. The van der Waals surface area contributed by atoms with E-state index in [9.17, 15) is 12.6 Å². The lowest BCUT2D eigenvalue weighted by atomic mass is 10.1. The number of sulfonamides is 1. The van der Waals surface area contributed by atoms with E-state index in [1.807, 2.05) is 13.0 Å². The maximum atomic E-state index is 12.2. The first-order valence-corrected chi connectivity index (χ1v) is 9.65. The van der Waals surface area contributed by atoms with Crippen molar-refractivity contribution < 1.29 is 12.6 Å². The van der Waals surface area contributed by atoms with Gasteiger partial charge in [-0.1, -0.05) is 13.0 Å². The molecule has 0 amide bonds. The predicted molar refractivity (Wildman–Crippen MR) is 80.3 cm³/mol. The van der Waals surface area contributed by atoms with Crippen LogP contribution in [0.2, 0.25) is 0 Å². The van der Waals surface area contributed by atoms with Gasteiger partial charge in [0.1, 0.15) is 0 Å². The van der Waals surface area contributed by atoms with E-state index in [2.05, 4.69) is 10.0 Å². The van der Waals surface area contributed by atoms with Crippen molar-refractivity contribution in [3.8, 4) is 0 Å². The Morgan fingerprint density at radius 2 is 2.05 bits per heavy atom. The normalized spacial score (nSPS) is 17.7. The Morgan fingerprint density at radius 3 is 2.75 bits per heavy atom. The molecule has 1 aromatic rings. The maximum absolute atomic E-state index is 12.2. The number of rotatable bonds is 6. The third kappa shape index (κ3) is 3.66. The van der Waals surface area contributed by atoms with Crippen molar-refractivity contribution in [2.75, 3.05) is 12.8 Å². The molecule has 1 aromatic carbocycles. The van der Waals surface area contributed by atoms with Crippen LogP contribution in [0.1, 0.15) is 24.5 Å². The van der Waals surface area contributed by atoms with Crippen molar-refractivity contribution in [3.63, 3.8) is 0 Å². The van der Waals surface area contributed by atoms with Crippen molar-refractivity contribution in [1.29, 1.82) is 0 Å². The lowest BCUT2D eigenvalue weighted by Gasteiger charge is -2.10. The van der Waals surface area contributed by atoms with Crippen LogP contribution < -0.4 is 10.0 Å². The molecule has 2 N–H and O–H groups in total. The minimum absolute atomic E-state index is 0.0121. The van der Waals surface area contributed by atoms with Gasteiger partial charge in [-0.05, 0) is 29.7 Å². The van der Waals surface area contributed by atoms with Crippen LogP contribution >= 0.6 is 0 Å². The smallest absolute Gasteiger partial charge is 0.240 e. The topological polar surface area (TPSA) is 75.3 Å². The first kappa shape index (κ1) is 15.6. The van der Waals surface area contributed by atoms with Crippen LogP contribution in [0.15, 0.2) is 23.1 Å². The lowest BCUT2D eigenvalue weighted by Crippen LogP contribution is -2.27. The van der Waals surface area contributed by atoms with Gasteiger partial charge in [-0.3, -0.25) is 4.21 Å². The molecular weight excluding hydrogens is 296 g/mol. The van der Waals surface area contributed by atoms with Crippen molar-refractivity contribution in [2.24, 2.45) is 0 Å². The highest BCUT2D eigenvalue weighted by molar-refractivity contribution is 7.89. The Bertz CT molecular complexity index is 614. The van der Waals surface area contributed by atoms with Crippen LogP contribution in [0.3, 0.4) is 0 Å². The van der Waals surface area contributed by atoms with Crippen molar-refractivity contribution in [2.45, 2.75) is 36.6 Å². The Morgan fingerprint density at radius 1 is 1.35 bits per heavy atom. The Kier molecular flexibility index (Phi) is 4.95. The zero-order chi connectivity index (χ0) is 14.8. The molecule has 0 aromatic heterocycles. The van der Waals surface area contributed by atoms with Crippen LogP contribution in [-0.4, -0.2) is 30.7 Å². The third-order valence-corrected chi connectivity index (χ3v) is 6.36. The molecule has 0 saturated heterocycles. The molecule has 0 bridgehead atoms. The number of hydrogen-bond acceptors (Lipinski definition) is 4. The van der Waals surface area contributed by atoms with E-state index in [1.165, 1.54) is 0 Å². The molecular formula is C13H20N2O3S2. The molecule has 7 heteroatoms. The van der Waals surface area contributed by atoms with Gasteiger partial charge in [0.25, 0.3) is 0 Å². The van der Waals surface area contributed by atoms with E-state index in [0.717, 1.165) is 17.7 Å². The second-order valence-corrected chi connectivity index (χ2v) is 8.60. The highest BCUT2D eigenvalue weighted by Gasteiger charge is 2.18. The second kappa shape index (κ2) is 6.34. The molecule has 0 spiro atoms. The van der Waals surface area contributed by atoms with Gasteiger partial charge in [0, 0.05) is 41.9 Å². The van der Waals surface area contributed by atoms with Gasteiger partial charge in [0.15, 0.2) is 0 Å². The van der Waals surface area contributed by atoms with Crippen LogP contribution in [0, 0.1) is 0 Å². The number of nitrogens with one attached hydrogen (secondary N) is 2. The molecule has 2 unspecified atom stereocenters. The summed E-state index contributed by atoms with van der Waals surface area (Å²) in [4.78, 5) is 0.297. The zero-order valence-electron chi connectivity index (χ0n) is 11.7. The first-order valence-electron chi connectivity index (χ1n) is 6.54. The van der Waals surface area contributed by atoms with Gasteiger partial charge in [-0.15, -0.1) is 0 Å². The van der Waals surface area contributed by atoms with Gasteiger partial charge < -0.3 is 5.32 Å². The lowest BCUT2D eigenvalue weighted by molar-refractivity contribution is 0.577. The quantitative estimate of drug-likeness (QED) is 0.811. The zero-order valence-corrected chi connectivity index (χ0v) is 13.3. The molecule has 1 aliphatic heterocycles. The summed E-state index contributed by atoms with van der Waals surface area (Å²) in [6.45, 7) is 3.66. The molecule has 0 radical (unpaired) electrons. The van der Waals surface area contributed by atoms with Gasteiger partial charge in [-0.2, -0.15) is 0 Å². The minimum Gasteiger partial charge on any atom is -0.309 e. The van der Waals surface area contributed by atoms with E-state index >= 15 is 0 Å². The molecule has 112 valence electrons. The van der Waals surface area contributed by atoms with Crippen LogP contribution in [-0.2, 0) is 33.9 Å². The van der Waals surface area contributed by atoms with Crippen LogP contribution in [0.25, 0.3) is 0 Å². The maximum Gasteiger partial charge on any atom is 0.240 e. The summed E-state index contributed by atoms with van der Waals surface area (Å²) < 4.78 is 38.1. The van der Waals surface area contributed by atoms with Gasteiger partial charge in [0.2, 0.25) is 10.0 Å². The minimum atomic E-state index is -3.48. The molecule has 5 nitrogen and oxygen atoms in total. The van der Waals surface area contributed by atoms with Crippen LogP contribution in [0.4, 0.5) is 0 Å². The summed E-state index contributed by atoms with van der Waals surface area (Å²) in [5.74, 6) is 0. The second-order valence-electron chi connectivity index (χ2n) is 5.03. The average molecular weight is 316 g/mol. The number of fused-ring (bicyclic) bond motifs is 1. The average Bonchev–Trinajstić information content (AvgIpc) is 2.85. The van der Waals surface area contributed by atoms with Crippen molar-refractivity contribution >= 4 is 20.8 Å². The fourth-order valence-corrected chi connectivity index (χ4v) is 3.63. The van der Waals surface area contributed by atoms with Crippen LogP contribution in [0.5, 0.6) is 0 Å². The summed E-state index contributed by atoms with van der Waals surface area (Å²) in [7, 11) is -4.41. The summed E-state index contributed by atoms with van der Waals surface area (Å²) in [6, 6.07) is 5.21. The largest absolute Gasteiger partial charge is 0.309 e. The highest BCUT2D eigenvalue weighted by Crippen LogP contribution is 2.19. The molecule has 2 atom stereocenters. The summed E-state index contributed by atoms with van der Waals surface area (Å²) in [5, 5.41) is 3.18. The van der Waals surface area contributed by atoms with Crippen molar-refractivity contribution in [3.05, 3.63) is 29.3 Å². The summed E-state index contributed by atoms with van der Waals surface area (Å²) in [5.41, 5.74) is 2.19. The number of benzene rings is 1. The van der Waals surface area contributed by atoms with E-state index in [4.69, 9.17) is 0 Å².